The maximum Gasteiger partial charge on any atom is 0.227 e. The van der Waals surface area contributed by atoms with E-state index in [1.807, 2.05) is 12.1 Å². The van der Waals surface area contributed by atoms with Gasteiger partial charge in [-0.1, -0.05) is 18.2 Å². The number of carbonyl (C=O) groups excluding carboxylic acids is 1. The van der Waals surface area contributed by atoms with E-state index in [1.54, 1.807) is 30.1 Å². The predicted octanol–water partition coefficient (Wildman–Crippen LogP) is 3.53. The second kappa shape index (κ2) is 4.96. The first-order valence-corrected chi connectivity index (χ1v) is 6.47. The zero-order valence-corrected chi connectivity index (χ0v) is 11.1. The van der Waals surface area contributed by atoms with Gasteiger partial charge in [0.25, 0.3) is 0 Å². The van der Waals surface area contributed by atoms with Crippen LogP contribution in [0.2, 0.25) is 0 Å². The number of ether oxygens (including phenoxy) is 1. The summed E-state index contributed by atoms with van der Waals surface area (Å²) < 4.78 is 18.9. The lowest BCUT2D eigenvalue weighted by molar-refractivity contribution is -0.118. The quantitative estimate of drug-likeness (QED) is 0.836. The Morgan fingerprint density at radius 1 is 1.15 bits per heavy atom. The van der Waals surface area contributed by atoms with Gasteiger partial charge in [0.2, 0.25) is 5.91 Å². The van der Waals surface area contributed by atoms with Gasteiger partial charge in [0.05, 0.1) is 5.69 Å². The molecular weight excluding hydrogens is 257 g/mol. The molecule has 2 aromatic carbocycles. The standard InChI is InChI=1S/C16H14FNO2/c1-18-15(19)9-8-11-4-2-7-14(16(11)18)20-13-6-3-5-12(17)10-13/h2-7,10H,8-9H2,1H3. The highest BCUT2D eigenvalue weighted by Crippen LogP contribution is 2.38. The van der Waals surface area contributed by atoms with Gasteiger partial charge < -0.3 is 9.64 Å². The van der Waals surface area contributed by atoms with Crippen LogP contribution < -0.4 is 9.64 Å². The summed E-state index contributed by atoms with van der Waals surface area (Å²) in [4.78, 5) is 13.4. The fourth-order valence-corrected chi connectivity index (χ4v) is 2.42. The number of benzene rings is 2. The number of rotatable bonds is 2. The number of aryl methyl sites for hydroxylation is 1. The molecule has 0 atom stereocenters. The third kappa shape index (κ3) is 2.25. The van der Waals surface area contributed by atoms with E-state index < -0.39 is 0 Å². The van der Waals surface area contributed by atoms with Crippen LogP contribution in [0.15, 0.2) is 42.5 Å². The van der Waals surface area contributed by atoms with E-state index in [4.69, 9.17) is 4.74 Å². The molecule has 0 saturated heterocycles. The second-order valence-electron chi connectivity index (χ2n) is 4.78. The molecule has 0 spiro atoms. The molecule has 1 aliphatic heterocycles. The molecular formula is C16H14FNO2. The Morgan fingerprint density at radius 2 is 1.95 bits per heavy atom. The van der Waals surface area contributed by atoms with Crippen LogP contribution in [0.3, 0.4) is 0 Å². The van der Waals surface area contributed by atoms with Crippen molar-refractivity contribution in [1.82, 2.24) is 0 Å². The van der Waals surface area contributed by atoms with Crippen LogP contribution in [0.25, 0.3) is 0 Å². The fraction of sp³-hybridized carbons (Fsp3) is 0.188. The third-order valence-electron chi connectivity index (χ3n) is 3.42. The van der Waals surface area contributed by atoms with Crippen molar-refractivity contribution in [2.75, 3.05) is 11.9 Å². The minimum Gasteiger partial charge on any atom is -0.455 e. The molecule has 1 heterocycles. The van der Waals surface area contributed by atoms with E-state index in [1.165, 1.54) is 12.1 Å². The molecule has 1 amide bonds. The molecule has 3 rings (SSSR count). The van der Waals surface area contributed by atoms with Crippen LogP contribution in [0.4, 0.5) is 10.1 Å². The van der Waals surface area contributed by atoms with Crippen LogP contribution in [-0.4, -0.2) is 13.0 Å². The molecule has 2 aromatic rings. The van der Waals surface area contributed by atoms with Gasteiger partial charge in [0.15, 0.2) is 5.75 Å². The summed E-state index contributed by atoms with van der Waals surface area (Å²) in [5.74, 6) is 0.706. The topological polar surface area (TPSA) is 29.5 Å². The van der Waals surface area contributed by atoms with Crippen molar-refractivity contribution in [2.45, 2.75) is 12.8 Å². The highest BCUT2D eigenvalue weighted by atomic mass is 19.1. The van der Waals surface area contributed by atoms with Crippen molar-refractivity contribution in [3.63, 3.8) is 0 Å². The fourth-order valence-electron chi connectivity index (χ4n) is 2.42. The number of hydrogen-bond acceptors (Lipinski definition) is 2. The van der Waals surface area contributed by atoms with Crippen LogP contribution >= 0.6 is 0 Å². The van der Waals surface area contributed by atoms with Crippen molar-refractivity contribution < 1.29 is 13.9 Å². The van der Waals surface area contributed by atoms with Gasteiger partial charge in [-0.05, 0) is 30.2 Å². The molecule has 0 fully saturated rings. The number of hydrogen-bond donors (Lipinski definition) is 0. The third-order valence-corrected chi connectivity index (χ3v) is 3.42. The summed E-state index contributed by atoms with van der Waals surface area (Å²) in [5, 5.41) is 0. The number of anilines is 1. The number of carbonyl (C=O) groups is 1. The number of fused-ring (bicyclic) bond motifs is 1. The summed E-state index contributed by atoms with van der Waals surface area (Å²) in [6.45, 7) is 0. The van der Waals surface area contributed by atoms with Crippen LogP contribution in [0.1, 0.15) is 12.0 Å². The lowest BCUT2D eigenvalue weighted by Crippen LogP contribution is -2.31. The van der Waals surface area contributed by atoms with Crippen molar-refractivity contribution in [3.05, 3.63) is 53.8 Å². The smallest absolute Gasteiger partial charge is 0.227 e. The van der Waals surface area contributed by atoms with Gasteiger partial charge in [-0.15, -0.1) is 0 Å². The summed E-state index contributed by atoms with van der Waals surface area (Å²) in [7, 11) is 1.73. The first-order valence-electron chi connectivity index (χ1n) is 6.47. The number of para-hydroxylation sites is 1. The van der Waals surface area contributed by atoms with Gasteiger partial charge in [-0.2, -0.15) is 0 Å². The summed E-state index contributed by atoms with van der Waals surface area (Å²) >= 11 is 0. The first kappa shape index (κ1) is 12.7. The Morgan fingerprint density at radius 3 is 2.75 bits per heavy atom. The van der Waals surface area contributed by atoms with E-state index in [0.717, 1.165) is 11.3 Å². The van der Waals surface area contributed by atoms with Crippen molar-refractivity contribution >= 4 is 11.6 Å². The van der Waals surface area contributed by atoms with Gasteiger partial charge in [0.1, 0.15) is 11.6 Å². The first-order chi connectivity index (χ1) is 9.65. The minimum atomic E-state index is -0.350. The molecule has 0 radical (unpaired) electrons. The average Bonchev–Trinajstić information content (AvgIpc) is 2.43. The molecule has 1 aliphatic rings. The van der Waals surface area contributed by atoms with Gasteiger partial charge >= 0.3 is 0 Å². The van der Waals surface area contributed by atoms with E-state index in [0.29, 0.717) is 24.3 Å². The average molecular weight is 271 g/mol. The van der Waals surface area contributed by atoms with Gasteiger partial charge in [-0.3, -0.25) is 4.79 Å². The Kier molecular flexibility index (Phi) is 3.14. The predicted molar refractivity (Wildman–Crippen MR) is 74.6 cm³/mol. The zero-order chi connectivity index (χ0) is 14.1. The highest BCUT2D eigenvalue weighted by Gasteiger charge is 2.24. The number of halogens is 1. The van der Waals surface area contributed by atoms with Crippen molar-refractivity contribution in [3.8, 4) is 11.5 Å². The molecule has 0 N–H and O–H groups in total. The van der Waals surface area contributed by atoms with Crippen molar-refractivity contribution in [2.24, 2.45) is 0 Å². The summed E-state index contributed by atoms with van der Waals surface area (Å²) in [6, 6.07) is 11.6. The number of amides is 1. The zero-order valence-electron chi connectivity index (χ0n) is 11.1. The summed E-state index contributed by atoms with van der Waals surface area (Å²) in [5.41, 5.74) is 1.84. The van der Waals surface area contributed by atoms with E-state index in [-0.39, 0.29) is 11.7 Å². The Hall–Kier alpha value is -2.36. The lowest BCUT2D eigenvalue weighted by Gasteiger charge is -2.27. The van der Waals surface area contributed by atoms with Gasteiger partial charge in [-0.25, -0.2) is 4.39 Å². The largest absolute Gasteiger partial charge is 0.455 e. The molecule has 3 nitrogen and oxygen atoms in total. The maximum absolute atomic E-state index is 13.2. The van der Waals surface area contributed by atoms with Gasteiger partial charge in [0, 0.05) is 19.5 Å². The van der Waals surface area contributed by atoms with E-state index >= 15 is 0 Å². The summed E-state index contributed by atoms with van der Waals surface area (Å²) in [6.07, 6.45) is 1.21. The maximum atomic E-state index is 13.2. The molecule has 0 aliphatic carbocycles. The van der Waals surface area contributed by atoms with E-state index in [2.05, 4.69) is 0 Å². The van der Waals surface area contributed by atoms with Crippen LogP contribution in [-0.2, 0) is 11.2 Å². The van der Waals surface area contributed by atoms with Crippen molar-refractivity contribution in [1.29, 1.82) is 0 Å². The molecule has 4 heteroatoms. The SMILES string of the molecule is CN1C(=O)CCc2cccc(Oc3cccc(F)c3)c21. The highest BCUT2D eigenvalue weighted by molar-refractivity contribution is 5.97. The minimum absolute atomic E-state index is 0.0628. The molecule has 0 aromatic heterocycles. The Bertz CT molecular complexity index is 669. The molecule has 102 valence electrons. The molecule has 0 bridgehead atoms. The van der Waals surface area contributed by atoms with Crippen LogP contribution in [0, 0.1) is 5.82 Å². The molecule has 0 saturated carbocycles. The van der Waals surface area contributed by atoms with E-state index in [9.17, 15) is 9.18 Å². The Balaban J connectivity index is 2.00. The molecule has 20 heavy (non-hydrogen) atoms. The lowest BCUT2D eigenvalue weighted by atomic mass is 10.0. The Labute approximate surface area is 116 Å². The van der Waals surface area contributed by atoms with Crippen LogP contribution in [0.5, 0.6) is 11.5 Å². The molecule has 0 unspecified atom stereocenters. The monoisotopic (exact) mass is 271 g/mol. The number of nitrogens with zero attached hydrogens (tertiary/aromatic N) is 1. The second-order valence-corrected chi connectivity index (χ2v) is 4.78. The normalized spacial score (nSPS) is 14.1.